The van der Waals surface area contributed by atoms with Gasteiger partial charge in [0.05, 0.1) is 6.92 Å². The van der Waals surface area contributed by atoms with Gasteiger partial charge in [-0.1, -0.05) is 5.16 Å². The van der Waals surface area contributed by atoms with Crippen LogP contribution in [-0.2, 0) is 4.79 Å². The highest BCUT2D eigenvalue weighted by Gasteiger charge is 2.04. The molecule has 1 N–H and O–H groups in total. The summed E-state index contributed by atoms with van der Waals surface area (Å²) in [7, 11) is 0. The molecule has 0 aromatic rings. The Kier molecular flexibility index (Phi) is 2.69. The van der Waals surface area contributed by atoms with E-state index in [1.165, 1.54) is 6.92 Å². The van der Waals surface area contributed by atoms with E-state index in [0.717, 1.165) is 0 Å². The Bertz CT molecular complexity index is 118. The maximum atomic E-state index is 10.4. The molecule has 0 aromatic carbocycles. The van der Waals surface area contributed by atoms with Crippen LogP contribution < -0.4 is 0 Å². The van der Waals surface area contributed by atoms with E-state index in [4.69, 9.17) is 5.21 Å². The number of rotatable bonds is 2. The van der Waals surface area contributed by atoms with Crippen molar-refractivity contribution in [1.82, 2.24) is 0 Å². The summed E-state index contributed by atoms with van der Waals surface area (Å²) in [5.74, 6) is -0.229. The molecule has 0 bridgehead atoms. The summed E-state index contributed by atoms with van der Waals surface area (Å²) in [6, 6.07) is 0. The number of ketones is 1. The Labute approximate surface area is 48.0 Å². The Hall–Kier alpha value is -0.990. The first-order valence-corrected chi connectivity index (χ1v) is 2.23. The van der Waals surface area contributed by atoms with E-state index < -0.39 is 0 Å². The highest BCUT2D eigenvalue weighted by Crippen LogP contribution is 1.82. The second-order valence-corrected chi connectivity index (χ2v) is 1.36. The molecule has 0 heterocycles. The number of oxime groups is 1. The first-order valence-electron chi connectivity index (χ1n) is 2.23. The molecule has 0 radical (unpaired) electrons. The van der Waals surface area contributed by atoms with Crippen molar-refractivity contribution >= 4 is 11.5 Å². The van der Waals surface area contributed by atoms with Crippen LogP contribution >= 0.6 is 0 Å². The van der Waals surface area contributed by atoms with Gasteiger partial charge in [0.25, 0.3) is 0 Å². The van der Waals surface area contributed by atoms with E-state index >= 15 is 0 Å². The molecule has 8 heavy (non-hydrogen) atoms. The molecule has 0 atom stereocenters. The van der Waals surface area contributed by atoms with Gasteiger partial charge >= 0.3 is 0 Å². The molecule has 0 rings (SSSR count). The predicted molar refractivity (Wildman–Crippen MR) is 29.9 cm³/mol. The van der Waals surface area contributed by atoms with Crippen LogP contribution in [0.15, 0.2) is 5.16 Å². The normalized spacial score (nSPS) is 11.4. The Morgan fingerprint density at radius 2 is 2.38 bits per heavy atom. The Balaban J connectivity index is 3.83. The molecule has 0 amide bonds. The molecular weight excluding hydrogens is 106 g/mol. The molecule has 0 aliphatic carbocycles. The summed E-state index contributed by atoms with van der Waals surface area (Å²) in [6.07, 6.45) is 0.149. The SMILES string of the molecule is [CH2+]CC(=O)/C(C)=N\O. The van der Waals surface area contributed by atoms with Crippen molar-refractivity contribution in [3.63, 3.8) is 0 Å². The van der Waals surface area contributed by atoms with Gasteiger partial charge in [0, 0.05) is 0 Å². The predicted octanol–water partition coefficient (Wildman–Crippen LogP) is 0.630. The lowest BCUT2D eigenvalue weighted by Gasteiger charge is -1.84. The topological polar surface area (TPSA) is 49.7 Å². The lowest BCUT2D eigenvalue weighted by molar-refractivity contribution is -0.112. The third-order valence-electron chi connectivity index (χ3n) is 0.781. The maximum Gasteiger partial charge on any atom is 0.224 e. The smallest absolute Gasteiger partial charge is 0.224 e. The summed E-state index contributed by atoms with van der Waals surface area (Å²) in [4.78, 5) is 10.4. The van der Waals surface area contributed by atoms with Gasteiger partial charge in [-0.2, -0.15) is 0 Å². The van der Waals surface area contributed by atoms with Gasteiger partial charge in [-0.3, -0.25) is 4.79 Å². The molecular formula is C5H8NO2+. The molecule has 0 fully saturated rings. The zero-order chi connectivity index (χ0) is 6.57. The van der Waals surface area contributed by atoms with E-state index in [2.05, 4.69) is 12.1 Å². The lowest BCUT2D eigenvalue weighted by Crippen LogP contribution is -2.07. The monoisotopic (exact) mass is 114 g/mol. The van der Waals surface area contributed by atoms with Crippen molar-refractivity contribution in [3.05, 3.63) is 6.92 Å². The molecule has 0 saturated heterocycles. The maximum absolute atomic E-state index is 10.4. The van der Waals surface area contributed by atoms with Crippen molar-refractivity contribution in [1.29, 1.82) is 0 Å². The van der Waals surface area contributed by atoms with Crippen molar-refractivity contribution in [2.45, 2.75) is 13.3 Å². The van der Waals surface area contributed by atoms with Gasteiger partial charge < -0.3 is 5.21 Å². The van der Waals surface area contributed by atoms with Gasteiger partial charge in [-0.25, -0.2) is 0 Å². The summed E-state index contributed by atoms with van der Waals surface area (Å²) in [6.45, 7) is 4.75. The minimum Gasteiger partial charge on any atom is -0.411 e. The second-order valence-electron chi connectivity index (χ2n) is 1.36. The van der Waals surface area contributed by atoms with E-state index in [1.807, 2.05) is 0 Å². The molecule has 0 saturated carbocycles. The van der Waals surface area contributed by atoms with Crippen LogP contribution in [0.5, 0.6) is 0 Å². The van der Waals surface area contributed by atoms with Gasteiger partial charge in [-0.05, 0) is 6.92 Å². The molecule has 44 valence electrons. The molecule has 0 aromatic heterocycles. The molecule has 3 nitrogen and oxygen atoms in total. The summed E-state index contributed by atoms with van der Waals surface area (Å²) < 4.78 is 0. The standard InChI is InChI=1S/C5H7NO2/c1-3-5(7)4(2)6-8/h1,3H2,2H3/p+1. The number of hydrogen-bond donors (Lipinski definition) is 1. The van der Waals surface area contributed by atoms with Crippen molar-refractivity contribution in [3.8, 4) is 0 Å². The fourth-order valence-electron chi connectivity index (χ4n) is 0.237. The van der Waals surface area contributed by atoms with Crippen LogP contribution in [0, 0.1) is 6.92 Å². The van der Waals surface area contributed by atoms with Crippen LogP contribution in [0.3, 0.4) is 0 Å². The molecule has 0 aliphatic heterocycles. The van der Waals surface area contributed by atoms with Crippen LogP contribution in [0.2, 0.25) is 0 Å². The zero-order valence-electron chi connectivity index (χ0n) is 4.72. The number of hydrogen-bond acceptors (Lipinski definition) is 3. The Morgan fingerprint density at radius 3 is 2.50 bits per heavy atom. The fourth-order valence-corrected chi connectivity index (χ4v) is 0.237. The van der Waals surface area contributed by atoms with Crippen molar-refractivity contribution in [2.75, 3.05) is 0 Å². The minimum absolute atomic E-state index is 0.111. The summed E-state index contributed by atoms with van der Waals surface area (Å²) >= 11 is 0. The first kappa shape index (κ1) is 7.01. The first-order chi connectivity index (χ1) is 3.72. The van der Waals surface area contributed by atoms with E-state index in [0.29, 0.717) is 0 Å². The summed E-state index contributed by atoms with van der Waals surface area (Å²) in [5.41, 5.74) is 0.111. The molecule has 3 heteroatoms. The molecule has 0 aliphatic rings. The molecule has 0 unspecified atom stereocenters. The average Bonchev–Trinajstić information content (AvgIpc) is 1.84. The van der Waals surface area contributed by atoms with Crippen LogP contribution in [-0.4, -0.2) is 16.7 Å². The van der Waals surface area contributed by atoms with Crippen LogP contribution in [0.1, 0.15) is 13.3 Å². The quantitative estimate of drug-likeness (QED) is 0.248. The number of carbonyl (C=O) groups is 1. The fraction of sp³-hybridized carbons (Fsp3) is 0.400. The van der Waals surface area contributed by atoms with Crippen molar-refractivity contribution < 1.29 is 10.0 Å². The van der Waals surface area contributed by atoms with Crippen LogP contribution in [0.25, 0.3) is 0 Å². The summed E-state index contributed by atoms with van der Waals surface area (Å²) in [5, 5.41) is 10.7. The molecule has 0 spiro atoms. The van der Waals surface area contributed by atoms with E-state index in [1.54, 1.807) is 0 Å². The minimum atomic E-state index is -0.229. The average molecular weight is 114 g/mol. The zero-order valence-corrected chi connectivity index (χ0v) is 4.72. The number of carbonyl (C=O) groups excluding carboxylic acids is 1. The lowest BCUT2D eigenvalue weighted by atomic mass is 10.2. The second kappa shape index (κ2) is 3.07. The van der Waals surface area contributed by atoms with E-state index in [-0.39, 0.29) is 17.9 Å². The number of Topliss-reactive ketones (excluding diaryl/α,β-unsaturated/α-hetero) is 1. The number of nitrogens with zero attached hydrogens (tertiary/aromatic N) is 1. The highest BCUT2D eigenvalue weighted by atomic mass is 16.4. The van der Waals surface area contributed by atoms with Gasteiger partial charge in [0.2, 0.25) is 5.78 Å². The van der Waals surface area contributed by atoms with Crippen molar-refractivity contribution in [2.24, 2.45) is 5.16 Å². The van der Waals surface area contributed by atoms with Gasteiger partial charge in [-0.15, -0.1) is 0 Å². The van der Waals surface area contributed by atoms with Gasteiger partial charge in [0.1, 0.15) is 12.1 Å². The largest absolute Gasteiger partial charge is 0.411 e. The van der Waals surface area contributed by atoms with E-state index in [9.17, 15) is 4.79 Å². The third-order valence-corrected chi connectivity index (χ3v) is 0.781. The van der Waals surface area contributed by atoms with Crippen LogP contribution in [0.4, 0.5) is 0 Å². The highest BCUT2D eigenvalue weighted by molar-refractivity contribution is 6.38. The Morgan fingerprint density at radius 1 is 1.88 bits per heavy atom. The third kappa shape index (κ3) is 1.64. The van der Waals surface area contributed by atoms with Gasteiger partial charge in [0.15, 0.2) is 0 Å².